The quantitative estimate of drug-likeness (QED) is 0.862. The molecule has 0 fully saturated rings. The second kappa shape index (κ2) is 5.27. The molecule has 1 N–H and O–H groups in total. The SMILES string of the molecule is CCNC(Cc1cccs1)c1cncn1C. The fourth-order valence-electron chi connectivity index (χ4n) is 1.86. The summed E-state index contributed by atoms with van der Waals surface area (Å²) < 4.78 is 2.08. The molecule has 0 saturated heterocycles. The van der Waals surface area contributed by atoms with Gasteiger partial charge in [0, 0.05) is 24.5 Å². The fourth-order valence-corrected chi connectivity index (χ4v) is 2.61. The first kappa shape index (κ1) is 11.4. The Morgan fingerprint density at radius 2 is 2.44 bits per heavy atom. The van der Waals surface area contributed by atoms with E-state index in [1.165, 1.54) is 10.6 Å². The predicted molar refractivity (Wildman–Crippen MR) is 67.6 cm³/mol. The zero-order chi connectivity index (χ0) is 11.4. The molecule has 1 atom stereocenters. The van der Waals surface area contributed by atoms with Crippen LogP contribution in [0, 0.1) is 0 Å². The van der Waals surface area contributed by atoms with E-state index in [0.29, 0.717) is 6.04 Å². The molecule has 0 spiro atoms. The maximum atomic E-state index is 4.18. The van der Waals surface area contributed by atoms with E-state index in [0.717, 1.165) is 13.0 Å². The Labute approximate surface area is 100 Å². The number of hydrogen-bond acceptors (Lipinski definition) is 3. The van der Waals surface area contributed by atoms with Crippen LogP contribution in [0.1, 0.15) is 23.5 Å². The maximum absolute atomic E-state index is 4.18. The second-order valence-electron chi connectivity index (χ2n) is 3.82. The van der Waals surface area contributed by atoms with Gasteiger partial charge in [-0.1, -0.05) is 13.0 Å². The number of aryl methyl sites for hydroxylation is 1. The molecule has 0 amide bonds. The molecule has 2 aromatic heterocycles. The molecule has 2 aromatic rings. The van der Waals surface area contributed by atoms with Crippen LogP contribution in [0.4, 0.5) is 0 Å². The van der Waals surface area contributed by atoms with Gasteiger partial charge in [-0.15, -0.1) is 11.3 Å². The van der Waals surface area contributed by atoms with Crippen molar-refractivity contribution in [2.75, 3.05) is 6.54 Å². The lowest BCUT2D eigenvalue weighted by atomic mass is 10.1. The van der Waals surface area contributed by atoms with E-state index in [-0.39, 0.29) is 0 Å². The lowest BCUT2D eigenvalue weighted by Crippen LogP contribution is -2.24. The monoisotopic (exact) mass is 235 g/mol. The highest BCUT2D eigenvalue weighted by atomic mass is 32.1. The van der Waals surface area contributed by atoms with Gasteiger partial charge in [0.15, 0.2) is 0 Å². The second-order valence-corrected chi connectivity index (χ2v) is 4.86. The summed E-state index contributed by atoms with van der Waals surface area (Å²) in [6.07, 6.45) is 4.83. The van der Waals surface area contributed by atoms with Crippen LogP contribution in [0.2, 0.25) is 0 Å². The van der Waals surface area contributed by atoms with E-state index in [9.17, 15) is 0 Å². The van der Waals surface area contributed by atoms with Crippen LogP contribution in [0.25, 0.3) is 0 Å². The fraction of sp³-hybridized carbons (Fsp3) is 0.417. The molecule has 0 radical (unpaired) electrons. The highest BCUT2D eigenvalue weighted by Gasteiger charge is 2.14. The van der Waals surface area contributed by atoms with Crippen molar-refractivity contribution in [1.29, 1.82) is 0 Å². The van der Waals surface area contributed by atoms with Crippen LogP contribution >= 0.6 is 11.3 Å². The summed E-state index contributed by atoms with van der Waals surface area (Å²) in [5, 5.41) is 5.64. The summed E-state index contributed by atoms with van der Waals surface area (Å²) in [5.41, 5.74) is 1.25. The van der Waals surface area contributed by atoms with E-state index in [1.54, 1.807) is 0 Å². The van der Waals surface area contributed by atoms with E-state index < -0.39 is 0 Å². The number of nitrogens with one attached hydrogen (secondary N) is 1. The third kappa shape index (κ3) is 2.51. The average molecular weight is 235 g/mol. The van der Waals surface area contributed by atoms with Crippen molar-refractivity contribution < 1.29 is 0 Å². The van der Waals surface area contributed by atoms with Gasteiger partial charge in [0.05, 0.1) is 18.1 Å². The summed E-state index contributed by atoms with van der Waals surface area (Å²) in [6, 6.07) is 4.65. The molecule has 0 aliphatic rings. The van der Waals surface area contributed by atoms with Crippen molar-refractivity contribution in [2.45, 2.75) is 19.4 Å². The van der Waals surface area contributed by atoms with Gasteiger partial charge in [0.25, 0.3) is 0 Å². The van der Waals surface area contributed by atoms with Crippen LogP contribution in [0.3, 0.4) is 0 Å². The first-order chi connectivity index (χ1) is 7.81. The minimum Gasteiger partial charge on any atom is -0.336 e. The summed E-state index contributed by atoms with van der Waals surface area (Å²) in [7, 11) is 2.04. The van der Waals surface area contributed by atoms with Crippen LogP contribution in [-0.2, 0) is 13.5 Å². The van der Waals surface area contributed by atoms with Gasteiger partial charge in [0.1, 0.15) is 0 Å². The zero-order valence-electron chi connectivity index (χ0n) is 9.68. The first-order valence-electron chi connectivity index (χ1n) is 5.53. The number of nitrogens with zero attached hydrogens (tertiary/aromatic N) is 2. The largest absolute Gasteiger partial charge is 0.336 e. The van der Waals surface area contributed by atoms with Crippen LogP contribution in [-0.4, -0.2) is 16.1 Å². The lowest BCUT2D eigenvalue weighted by molar-refractivity contribution is 0.524. The van der Waals surface area contributed by atoms with Crippen molar-refractivity contribution in [1.82, 2.24) is 14.9 Å². The molecule has 2 heterocycles. The maximum Gasteiger partial charge on any atom is 0.0946 e. The molecule has 2 rings (SSSR count). The molecular formula is C12H17N3S. The summed E-state index contributed by atoms with van der Waals surface area (Å²) in [5.74, 6) is 0. The van der Waals surface area contributed by atoms with Crippen LogP contribution < -0.4 is 5.32 Å². The molecule has 1 unspecified atom stereocenters. The Kier molecular flexibility index (Phi) is 3.74. The van der Waals surface area contributed by atoms with Gasteiger partial charge < -0.3 is 9.88 Å². The Morgan fingerprint density at radius 1 is 1.56 bits per heavy atom. The number of imidazole rings is 1. The molecular weight excluding hydrogens is 218 g/mol. The Hall–Kier alpha value is -1.13. The molecule has 86 valence electrons. The summed E-state index contributed by atoms with van der Waals surface area (Å²) >= 11 is 1.81. The van der Waals surface area contributed by atoms with Crippen molar-refractivity contribution >= 4 is 11.3 Å². The summed E-state index contributed by atoms with van der Waals surface area (Å²) in [6.45, 7) is 3.11. The van der Waals surface area contributed by atoms with Crippen molar-refractivity contribution in [2.24, 2.45) is 7.05 Å². The van der Waals surface area contributed by atoms with Gasteiger partial charge in [-0.05, 0) is 18.0 Å². The van der Waals surface area contributed by atoms with Gasteiger partial charge in [0.2, 0.25) is 0 Å². The minimum absolute atomic E-state index is 0.358. The molecule has 0 bridgehead atoms. The van der Waals surface area contributed by atoms with Crippen molar-refractivity contribution in [3.63, 3.8) is 0 Å². The molecule has 0 aliphatic carbocycles. The van der Waals surface area contributed by atoms with Gasteiger partial charge in [-0.25, -0.2) is 4.98 Å². The highest BCUT2D eigenvalue weighted by Crippen LogP contribution is 2.20. The third-order valence-electron chi connectivity index (χ3n) is 2.65. The number of likely N-dealkylation sites (N-methyl/N-ethyl adjacent to an activating group) is 1. The molecule has 16 heavy (non-hydrogen) atoms. The molecule has 0 aliphatic heterocycles. The van der Waals surface area contributed by atoms with Crippen molar-refractivity contribution in [3.8, 4) is 0 Å². The van der Waals surface area contributed by atoms with Gasteiger partial charge in [-0.3, -0.25) is 0 Å². The number of aromatic nitrogens is 2. The van der Waals surface area contributed by atoms with Crippen LogP contribution in [0.5, 0.6) is 0 Å². The molecule has 3 nitrogen and oxygen atoms in total. The van der Waals surface area contributed by atoms with E-state index >= 15 is 0 Å². The van der Waals surface area contributed by atoms with Crippen LogP contribution in [0.15, 0.2) is 30.0 Å². The highest BCUT2D eigenvalue weighted by molar-refractivity contribution is 7.09. The molecule has 4 heteroatoms. The lowest BCUT2D eigenvalue weighted by Gasteiger charge is -2.17. The smallest absolute Gasteiger partial charge is 0.0946 e. The van der Waals surface area contributed by atoms with E-state index in [4.69, 9.17) is 0 Å². The topological polar surface area (TPSA) is 29.9 Å². The number of thiophene rings is 1. The number of rotatable bonds is 5. The van der Waals surface area contributed by atoms with Gasteiger partial charge in [-0.2, -0.15) is 0 Å². The Morgan fingerprint density at radius 3 is 3.00 bits per heavy atom. The molecule has 0 saturated carbocycles. The van der Waals surface area contributed by atoms with Gasteiger partial charge >= 0.3 is 0 Å². The standard InChI is InChI=1S/C12H17N3S/c1-3-14-11(7-10-5-4-6-16-10)12-8-13-9-15(12)2/h4-6,8-9,11,14H,3,7H2,1-2H3. The third-order valence-corrected chi connectivity index (χ3v) is 3.55. The molecule has 0 aromatic carbocycles. The minimum atomic E-state index is 0.358. The average Bonchev–Trinajstić information content (AvgIpc) is 2.88. The number of hydrogen-bond donors (Lipinski definition) is 1. The van der Waals surface area contributed by atoms with E-state index in [1.807, 2.05) is 30.9 Å². The normalized spacial score (nSPS) is 12.9. The zero-order valence-corrected chi connectivity index (χ0v) is 10.5. The summed E-state index contributed by atoms with van der Waals surface area (Å²) in [4.78, 5) is 5.59. The first-order valence-corrected chi connectivity index (χ1v) is 6.41. The van der Waals surface area contributed by atoms with Crippen molar-refractivity contribution in [3.05, 3.63) is 40.6 Å². The van der Waals surface area contributed by atoms with E-state index in [2.05, 4.69) is 39.3 Å². The predicted octanol–water partition coefficient (Wildman–Crippen LogP) is 2.37. The Bertz CT molecular complexity index is 419. The Balaban J connectivity index is 2.14.